The van der Waals surface area contributed by atoms with Crippen LogP contribution < -0.4 is 20.7 Å². The Morgan fingerprint density at radius 2 is 1.82 bits per heavy atom. The highest BCUT2D eigenvalue weighted by atomic mass is 16.5. The maximum Gasteiger partial charge on any atom is 0.221 e. The van der Waals surface area contributed by atoms with Gasteiger partial charge in [0.25, 0.3) is 0 Å². The molecule has 1 aromatic carbocycles. The van der Waals surface area contributed by atoms with Crippen LogP contribution in [0.5, 0.6) is 5.75 Å². The van der Waals surface area contributed by atoms with Gasteiger partial charge in [-0.05, 0) is 42.9 Å². The molecule has 1 aliphatic carbocycles. The van der Waals surface area contributed by atoms with Gasteiger partial charge in [-0.2, -0.15) is 0 Å². The number of aliphatic imine (C=N–C) groups is 1. The first kappa shape index (κ1) is 22.1. The zero-order chi connectivity index (χ0) is 20.2. The van der Waals surface area contributed by atoms with E-state index in [1.165, 1.54) is 24.8 Å². The number of nitrogens with zero attached hydrogens (tertiary/aromatic N) is 1. The molecule has 2 rings (SSSR count). The Kier molecular flexibility index (Phi) is 9.66. The average molecular weight is 389 g/mol. The molecule has 0 aliphatic heterocycles. The summed E-state index contributed by atoms with van der Waals surface area (Å²) in [7, 11) is 3.44. The van der Waals surface area contributed by atoms with Crippen molar-refractivity contribution < 1.29 is 9.53 Å². The normalized spacial score (nSPS) is 16.3. The Morgan fingerprint density at radius 3 is 2.46 bits per heavy atom. The van der Waals surface area contributed by atoms with Crippen LogP contribution in [-0.2, 0) is 4.79 Å². The quantitative estimate of drug-likeness (QED) is 0.449. The molecule has 0 aromatic heterocycles. The summed E-state index contributed by atoms with van der Waals surface area (Å²) < 4.78 is 5.21. The van der Waals surface area contributed by atoms with E-state index in [2.05, 4.69) is 40.0 Å². The summed E-state index contributed by atoms with van der Waals surface area (Å²) in [4.78, 5) is 16.3. The molecule has 0 heterocycles. The van der Waals surface area contributed by atoms with Gasteiger partial charge in [0, 0.05) is 32.6 Å². The molecular formula is C22H36N4O2. The number of amides is 1. The Labute approximate surface area is 169 Å². The standard InChI is InChI=1S/C22H36N4O2/c1-17(18-9-11-20(28-3)12-10-18)13-15-24-22(23-2)25-16-14-21(27)26-19-7-5-4-6-8-19/h9-12,17,19H,4-8,13-16H2,1-3H3,(H,26,27)(H2,23,24,25). The summed E-state index contributed by atoms with van der Waals surface area (Å²) in [6, 6.07) is 8.59. The van der Waals surface area contributed by atoms with E-state index in [4.69, 9.17) is 4.74 Å². The van der Waals surface area contributed by atoms with E-state index < -0.39 is 0 Å². The van der Waals surface area contributed by atoms with E-state index in [1.54, 1.807) is 14.2 Å². The van der Waals surface area contributed by atoms with E-state index >= 15 is 0 Å². The number of ether oxygens (including phenoxy) is 1. The predicted molar refractivity (Wildman–Crippen MR) is 115 cm³/mol. The monoisotopic (exact) mass is 388 g/mol. The fourth-order valence-electron chi connectivity index (χ4n) is 3.57. The zero-order valence-corrected chi connectivity index (χ0v) is 17.6. The Bertz CT molecular complexity index is 609. The van der Waals surface area contributed by atoms with Crippen molar-refractivity contribution in [1.29, 1.82) is 0 Å². The van der Waals surface area contributed by atoms with Crippen LogP contribution >= 0.6 is 0 Å². The van der Waals surface area contributed by atoms with Gasteiger partial charge in [-0.15, -0.1) is 0 Å². The van der Waals surface area contributed by atoms with Crippen molar-refractivity contribution >= 4 is 11.9 Å². The van der Waals surface area contributed by atoms with Gasteiger partial charge in [-0.25, -0.2) is 0 Å². The summed E-state index contributed by atoms with van der Waals surface area (Å²) in [5.41, 5.74) is 1.30. The molecule has 1 fully saturated rings. The summed E-state index contributed by atoms with van der Waals surface area (Å²) in [6.07, 6.45) is 7.47. The molecule has 0 spiro atoms. The highest BCUT2D eigenvalue weighted by molar-refractivity contribution is 5.81. The third kappa shape index (κ3) is 7.79. The van der Waals surface area contributed by atoms with Crippen LogP contribution in [0.25, 0.3) is 0 Å². The molecule has 6 heteroatoms. The summed E-state index contributed by atoms with van der Waals surface area (Å²) in [6.45, 7) is 3.63. The van der Waals surface area contributed by atoms with Gasteiger partial charge < -0.3 is 20.7 Å². The topological polar surface area (TPSA) is 74.8 Å². The smallest absolute Gasteiger partial charge is 0.221 e. The van der Waals surface area contributed by atoms with E-state index in [1.807, 2.05) is 12.1 Å². The SMILES string of the molecule is CN=C(NCCC(=O)NC1CCCCC1)NCCC(C)c1ccc(OC)cc1. The van der Waals surface area contributed by atoms with E-state index in [-0.39, 0.29) is 5.91 Å². The zero-order valence-electron chi connectivity index (χ0n) is 17.6. The van der Waals surface area contributed by atoms with E-state index in [0.717, 1.165) is 37.5 Å². The minimum Gasteiger partial charge on any atom is -0.497 e. The fourth-order valence-corrected chi connectivity index (χ4v) is 3.57. The van der Waals surface area contributed by atoms with Gasteiger partial charge in [0.15, 0.2) is 5.96 Å². The lowest BCUT2D eigenvalue weighted by Crippen LogP contribution is -2.41. The van der Waals surface area contributed by atoms with Crippen molar-refractivity contribution in [2.24, 2.45) is 4.99 Å². The van der Waals surface area contributed by atoms with Crippen molar-refractivity contribution in [3.05, 3.63) is 29.8 Å². The third-order valence-electron chi connectivity index (χ3n) is 5.39. The number of hydrogen-bond donors (Lipinski definition) is 3. The van der Waals surface area contributed by atoms with Gasteiger partial charge in [-0.3, -0.25) is 9.79 Å². The second-order valence-electron chi connectivity index (χ2n) is 7.54. The first-order valence-electron chi connectivity index (χ1n) is 10.5. The first-order valence-corrected chi connectivity index (χ1v) is 10.5. The van der Waals surface area contributed by atoms with Crippen LogP contribution in [0.3, 0.4) is 0 Å². The molecule has 0 saturated heterocycles. The van der Waals surface area contributed by atoms with E-state index in [0.29, 0.717) is 24.9 Å². The van der Waals surface area contributed by atoms with Gasteiger partial charge in [-0.1, -0.05) is 38.3 Å². The third-order valence-corrected chi connectivity index (χ3v) is 5.39. The van der Waals surface area contributed by atoms with Crippen molar-refractivity contribution in [1.82, 2.24) is 16.0 Å². The number of carbonyl (C=O) groups excluding carboxylic acids is 1. The van der Waals surface area contributed by atoms with Gasteiger partial charge in [0.2, 0.25) is 5.91 Å². The van der Waals surface area contributed by atoms with Crippen molar-refractivity contribution in [3.8, 4) is 5.75 Å². The number of guanidine groups is 1. The fraction of sp³-hybridized carbons (Fsp3) is 0.636. The van der Waals surface area contributed by atoms with Crippen LogP contribution in [-0.4, -0.2) is 45.2 Å². The molecule has 1 amide bonds. The van der Waals surface area contributed by atoms with Crippen molar-refractivity contribution in [2.45, 2.75) is 63.8 Å². The van der Waals surface area contributed by atoms with Crippen LogP contribution in [0.15, 0.2) is 29.3 Å². The van der Waals surface area contributed by atoms with Gasteiger partial charge in [0.05, 0.1) is 7.11 Å². The number of methoxy groups -OCH3 is 1. The summed E-state index contributed by atoms with van der Waals surface area (Å²) >= 11 is 0. The number of hydrogen-bond acceptors (Lipinski definition) is 3. The lowest BCUT2D eigenvalue weighted by molar-refractivity contribution is -0.121. The maximum absolute atomic E-state index is 12.1. The molecule has 1 saturated carbocycles. The molecular weight excluding hydrogens is 352 g/mol. The minimum atomic E-state index is 0.128. The Morgan fingerprint density at radius 1 is 1.14 bits per heavy atom. The van der Waals surface area contributed by atoms with Crippen LogP contribution in [0.1, 0.15) is 63.4 Å². The Hall–Kier alpha value is -2.24. The lowest BCUT2D eigenvalue weighted by atomic mass is 9.95. The lowest BCUT2D eigenvalue weighted by Gasteiger charge is -2.22. The molecule has 1 atom stereocenters. The largest absolute Gasteiger partial charge is 0.497 e. The molecule has 1 aliphatic rings. The highest BCUT2D eigenvalue weighted by Gasteiger charge is 2.15. The molecule has 6 nitrogen and oxygen atoms in total. The minimum absolute atomic E-state index is 0.128. The molecule has 1 unspecified atom stereocenters. The molecule has 0 radical (unpaired) electrons. The highest BCUT2D eigenvalue weighted by Crippen LogP contribution is 2.21. The number of nitrogens with one attached hydrogen (secondary N) is 3. The van der Waals surface area contributed by atoms with Crippen molar-refractivity contribution in [3.63, 3.8) is 0 Å². The van der Waals surface area contributed by atoms with Crippen molar-refractivity contribution in [2.75, 3.05) is 27.2 Å². The maximum atomic E-state index is 12.1. The van der Waals surface area contributed by atoms with Crippen LogP contribution in [0.4, 0.5) is 0 Å². The van der Waals surface area contributed by atoms with Crippen LogP contribution in [0.2, 0.25) is 0 Å². The van der Waals surface area contributed by atoms with Gasteiger partial charge >= 0.3 is 0 Å². The van der Waals surface area contributed by atoms with E-state index in [9.17, 15) is 4.79 Å². The summed E-state index contributed by atoms with van der Waals surface area (Å²) in [5.74, 6) is 2.19. The first-order chi connectivity index (χ1) is 13.6. The Balaban J connectivity index is 1.61. The second kappa shape index (κ2) is 12.3. The summed E-state index contributed by atoms with van der Waals surface area (Å²) in [5, 5.41) is 9.70. The molecule has 3 N–H and O–H groups in total. The van der Waals surface area contributed by atoms with Crippen LogP contribution in [0, 0.1) is 0 Å². The second-order valence-corrected chi connectivity index (χ2v) is 7.54. The number of carbonyl (C=O) groups is 1. The molecule has 1 aromatic rings. The average Bonchev–Trinajstić information content (AvgIpc) is 2.73. The molecule has 156 valence electrons. The molecule has 28 heavy (non-hydrogen) atoms. The van der Waals surface area contributed by atoms with Gasteiger partial charge in [0.1, 0.15) is 5.75 Å². The predicted octanol–water partition coefficient (Wildman–Crippen LogP) is 3.19. The number of rotatable bonds is 9. The number of benzene rings is 1. The molecule has 0 bridgehead atoms.